The maximum Gasteiger partial charge on any atom is 0.330 e. The van der Waals surface area contributed by atoms with E-state index in [4.69, 9.17) is 4.74 Å². The van der Waals surface area contributed by atoms with E-state index in [1.807, 2.05) is 6.08 Å². The van der Waals surface area contributed by atoms with Crippen molar-refractivity contribution in [3.05, 3.63) is 60.2 Å². The summed E-state index contributed by atoms with van der Waals surface area (Å²) in [6.45, 7) is 3.02. The van der Waals surface area contributed by atoms with Gasteiger partial charge in [-0.2, -0.15) is 0 Å². The first-order valence-electron chi connectivity index (χ1n) is 15.3. The van der Waals surface area contributed by atoms with Gasteiger partial charge in [0.2, 0.25) is 0 Å². The Kier molecular flexibility index (Phi) is 23.1. The van der Waals surface area contributed by atoms with Crippen molar-refractivity contribution in [3.8, 4) is 0 Å². The van der Waals surface area contributed by atoms with Gasteiger partial charge in [0, 0.05) is 6.08 Å². The summed E-state index contributed by atoms with van der Waals surface area (Å²) in [5.41, 5.74) is 1.27. The molecule has 0 aliphatic rings. The fourth-order valence-corrected chi connectivity index (χ4v) is 4.68. The number of carbonyl (C=O) groups is 1. The van der Waals surface area contributed by atoms with Crippen LogP contribution in [-0.2, 0) is 20.9 Å². The highest BCUT2D eigenvalue weighted by atomic mass is 16.5. The van der Waals surface area contributed by atoms with Crippen LogP contribution in [0, 0.1) is 0 Å². The summed E-state index contributed by atoms with van der Waals surface area (Å²) < 4.78 is 11.0. The van der Waals surface area contributed by atoms with Crippen LogP contribution in [0.4, 0.5) is 0 Å². The minimum absolute atomic E-state index is 0.308. The summed E-state index contributed by atoms with van der Waals surface area (Å²) in [6.07, 6.45) is 32.7. The Bertz CT molecular complexity index is 680. The van der Waals surface area contributed by atoms with E-state index in [0.717, 1.165) is 13.0 Å². The highest BCUT2D eigenvalue weighted by Crippen LogP contribution is 2.18. The number of rotatable bonds is 25. The molecule has 37 heavy (non-hydrogen) atoms. The van der Waals surface area contributed by atoms with Crippen molar-refractivity contribution in [3.63, 3.8) is 0 Å². The van der Waals surface area contributed by atoms with Crippen molar-refractivity contribution in [2.75, 3.05) is 7.11 Å². The van der Waals surface area contributed by atoms with Crippen LogP contribution in [0.5, 0.6) is 0 Å². The fraction of sp³-hybridized carbons (Fsp3) is 0.676. The molecule has 1 rings (SSSR count). The van der Waals surface area contributed by atoms with E-state index in [0.29, 0.717) is 6.10 Å². The highest BCUT2D eigenvalue weighted by molar-refractivity contribution is 5.82. The minimum atomic E-state index is -0.308. The molecule has 1 aromatic rings. The molecule has 0 fully saturated rings. The van der Waals surface area contributed by atoms with E-state index in [2.05, 4.69) is 48.1 Å². The number of hydrogen-bond donors (Lipinski definition) is 0. The number of carbonyl (C=O) groups excluding carboxylic acids is 1. The first-order valence-corrected chi connectivity index (χ1v) is 15.3. The lowest BCUT2D eigenvalue weighted by Crippen LogP contribution is -2.13. The lowest BCUT2D eigenvalue weighted by molar-refractivity contribution is -0.134. The van der Waals surface area contributed by atoms with E-state index >= 15 is 0 Å². The molecule has 1 atom stereocenters. The van der Waals surface area contributed by atoms with Gasteiger partial charge in [-0.15, -0.1) is 0 Å². The lowest BCUT2D eigenvalue weighted by atomic mass is 10.0. The molecular weight excluding hydrogens is 456 g/mol. The van der Waals surface area contributed by atoms with Crippen LogP contribution in [0.1, 0.15) is 134 Å². The van der Waals surface area contributed by atoms with Gasteiger partial charge in [0.25, 0.3) is 0 Å². The predicted octanol–water partition coefficient (Wildman–Crippen LogP) is 10.3. The number of ether oxygens (including phenoxy) is 2. The average molecular weight is 513 g/mol. The Morgan fingerprint density at radius 3 is 1.84 bits per heavy atom. The Hall–Kier alpha value is -1.87. The van der Waals surface area contributed by atoms with Crippen molar-refractivity contribution in [2.45, 2.75) is 142 Å². The van der Waals surface area contributed by atoms with Crippen LogP contribution >= 0.6 is 0 Å². The number of benzene rings is 1. The molecule has 210 valence electrons. The van der Waals surface area contributed by atoms with Crippen molar-refractivity contribution >= 4 is 5.97 Å². The van der Waals surface area contributed by atoms with E-state index in [1.165, 1.54) is 134 Å². The van der Waals surface area contributed by atoms with Gasteiger partial charge in [0.15, 0.2) is 0 Å². The third-order valence-corrected chi connectivity index (χ3v) is 7.04. The molecule has 0 saturated carbocycles. The quantitative estimate of drug-likeness (QED) is 0.0565. The summed E-state index contributed by atoms with van der Waals surface area (Å²) >= 11 is 0. The average Bonchev–Trinajstić information content (AvgIpc) is 2.93. The number of hydrogen-bond acceptors (Lipinski definition) is 3. The first-order chi connectivity index (χ1) is 18.3. The van der Waals surface area contributed by atoms with Crippen LogP contribution in [0.2, 0.25) is 0 Å². The second-order valence-electron chi connectivity index (χ2n) is 10.4. The molecule has 0 aliphatic heterocycles. The first kappa shape index (κ1) is 33.2. The molecule has 0 amide bonds. The van der Waals surface area contributed by atoms with Crippen LogP contribution in [-0.4, -0.2) is 19.2 Å². The Morgan fingerprint density at radius 1 is 0.730 bits per heavy atom. The molecule has 1 aromatic carbocycles. The zero-order valence-corrected chi connectivity index (χ0v) is 24.1. The maximum absolute atomic E-state index is 11.0. The van der Waals surface area contributed by atoms with E-state index < -0.39 is 0 Å². The predicted molar refractivity (Wildman–Crippen MR) is 159 cm³/mol. The molecule has 0 spiro atoms. The van der Waals surface area contributed by atoms with Crippen molar-refractivity contribution in [1.29, 1.82) is 0 Å². The zero-order valence-electron chi connectivity index (χ0n) is 24.1. The maximum atomic E-state index is 11.0. The summed E-state index contributed by atoms with van der Waals surface area (Å²) in [6, 6.07) is 10.6. The molecule has 0 bridgehead atoms. The number of allylic oxidation sites excluding steroid dienone is 3. The molecule has 3 nitrogen and oxygen atoms in total. The van der Waals surface area contributed by atoms with Crippen molar-refractivity contribution < 1.29 is 14.3 Å². The molecule has 3 heteroatoms. The standard InChI is InChI=1S/C34H56O3/c1-3-4-5-6-7-8-9-10-11-14-17-23-28-33(37-31-32-26-21-20-22-27-32)29-24-18-15-12-13-16-19-25-30-34(35)36-2/h16,19-22,25-27,30,33H,3-15,17-18,23-24,28-29,31H2,1-2H3. The van der Waals surface area contributed by atoms with Gasteiger partial charge in [-0.1, -0.05) is 152 Å². The number of unbranched alkanes of at least 4 members (excludes halogenated alkanes) is 15. The third kappa shape index (κ3) is 21.9. The van der Waals surface area contributed by atoms with Gasteiger partial charge >= 0.3 is 5.97 Å². The Balaban J connectivity index is 2.15. The largest absolute Gasteiger partial charge is 0.466 e. The van der Waals surface area contributed by atoms with Crippen LogP contribution in [0.25, 0.3) is 0 Å². The highest BCUT2D eigenvalue weighted by Gasteiger charge is 2.09. The van der Waals surface area contributed by atoms with Crippen LogP contribution < -0.4 is 0 Å². The second kappa shape index (κ2) is 25.8. The molecule has 0 saturated heterocycles. The lowest BCUT2D eigenvalue weighted by Gasteiger charge is -2.18. The topological polar surface area (TPSA) is 35.5 Å². The van der Waals surface area contributed by atoms with Gasteiger partial charge < -0.3 is 9.47 Å². The Morgan fingerprint density at radius 2 is 1.27 bits per heavy atom. The second-order valence-corrected chi connectivity index (χ2v) is 10.4. The molecule has 0 N–H and O–H groups in total. The van der Waals surface area contributed by atoms with E-state index in [1.54, 1.807) is 6.08 Å². The summed E-state index contributed by atoms with van der Waals surface area (Å²) in [5, 5.41) is 0. The zero-order chi connectivity index (χ0) is 26.7. The molecule has 0 aliphatic carbocycles. The normalized spacial score (nSPS) is 12.5. The molecule has 0 aromatic heterocycles. The number of esters is 1. The third-order valence-electron chi connectivity index (χ3n) is 7.04. The minimum Gasteiger partial charge on any atom is -0.466 e. The van der Waals surface area contributed by atoms with Crippen LogP contribution in [0.15, 0.2) is 54.6 Å². The van der Waals surface area contributed by atoms with Gasteiger partial charge in [-0.05, 0) is 31.2 Å². The van der Waals surface area contributed by atoms with Gasteiger partial charge in [0.1, 0.15) is 0 Å². The van der Waals surface area contributed by atoms with Gasteiger partial charge in [-0.3, -0.25) is 0 Å². The molecule has 0 radical (unpaired) electrons. The van der Waals surface area contributed by atoms with E-state index in [9.17, 15) is 4.79 Å². The monoisotopic (exact) mass is 512 g/mol. The smallest absolute Gasteiger partial charge is 0.330 e. The fourth-order valence-electron chi connectivity index (χ4n) is 4.68. The summed E-state index contributed by atoms with van der Waals surface area (Å²) in [4.78, 5) is 11.0. The summed E-state index contributed by atoms with van der Waals surface area (Å²) in [7, 11) is 1.40. The van der Waals surface area contributed by atoms with E-state index in [-0.39, 0.29) is 5.97 Å². The van der Waals surface area contributed by atoms with Gasteiger partial charge in [-0.25, -0.2) is 4.79 Å². The molecular formula is C34H56O3. The summed E-state index contributed by atoms with van der Waals surface area (Å²) in [5.74, 6) is -0.308. The van der Waals surface area contributed by atoms with Crippen molar-refractivity contribution in [1.82, 2.24) is 0 Å². The van der Waals surface area contributed by atoms with Crippen molar-refractivity contribution in [2.24, 2.45) is 0 Å². The number of methoxy groups -OCH3 is 1. The molecule has 0 heterocycles. The van der Waals surface area contributed by atoms with Crippen LogP contribution in [0.3, 0.4) is 0 Å². The SMILES string of the molecule is CCCCCCCCCCCCCCC(CCCCCCC=CC=CC(=O)OC)OCc1ccccc1. The Labute approximate surface area is 229 Å². The molecule has 1 unspecified atom stereocenters. The van der Waals surface area contributed by atoms with Gasteiger partial charge in [0.05, 0.1) is 19.8 Å².